The van der Waals surface area contributed by atoms with Crippen LogP contribution in [-0.2, 0) is 4.79 Å². The van der Waals surface area contributed by atoms with Crippen molar-refractivity contribution in [2.45, 2.75) is 57.4 Å². The van der Waals surface area contributed by atoms with Crippen molar-refractivity contribution in [2.75, 3.05) is 11.9 Å². The molecule has 2 N–H and O–H groups in total. The van der Waals surface area contributed by atoms with Crippen molar-refractivity contribution in [2.24, 2.45) is 5.92 Å². The predicted octanol–water partition coefficient (Wildman–Crippen LogP) is 3.67. The van der Waals surface area contributed by atoms with E-state index in [0.717, 1.165) is 36.6 Å². The van der Waals surface area contributed by atoms with E-state index >= 15 is 0 Å². The minimum atomic E-state index is -0.0189. The van der Waals surface area contributed by atoms with Gasteiger partial charge in [-0.1, -0.05) is 38.0 Å². The highest BCUT2D eigenvalue weighted by molar-refractivity contribution is 5.88. The molecule has 0 spiro atoms. The Morgan fingerprint density at radius 3 is 2.76 bits per heavy atom. The van der Waals surface area contributed by atoms with E-state index in [2.05, 4.69) is 29.7 Å². The minimum absolute atomic E-state index is 0.0189. The van der Waals surface area contributed by atoms with Crippen LogP contribution < -0.4 is 10.6 Å². The molecule has 21 heavy (non-hydrogen) atoms. The van der Waals surface area contributed by atoms with Crippen molar-refractivity contribution in [3.05, 3.63) is 29.8 Å². The van der Waals surface area contributed by atoms with Crippen molar-refractivity contribution in [3.63, 3.8) is 0 Å². The molecule has 0 aromatic heterocycles. The van der Waals surface area contributed by atoms with E-state index in [0.29, 0.717) is 6.04 Å². The lowest BCUT2D eigenvalue weighted by Gasteiger charge is -2.29. The molecule has 1 atom stereocenters. The summed E-state index contributed by atoms with van der Waals surface area (Å²) in [5, 5.41) is 6.62. The summed E-state index contributed by atoms with van der Waals surface area (Å²) in [6, 6.07) is 8.54. The van der Waals surface area contributed by atoms with Crippen LogP contribution in [-0.4, -0.2) is 18.5 Å². The van der Waals surface area contributed by atoms with Crippen LogP contribution in [0.2, 0.25) is 0 Å². The molecule has 1 aromatic rings. The number of benzene rings is 1. The van der Waals surface area contributed by atoms with E-state index < -0.39 is 0 Å². The summed E-state index contributed by atoms with van der Waals surface area (Å²) >= 11 is 0. The molecule has 1 aliphatic heterocycles. The Labute approximate surface area is 127 Å². The van der Waals surface area contributed by atoms with Crippen molar-refractivity contribution in [3.8, 4) is 0 Å². The molecule has 1 aliphatic carbocycles. The van der Waals surface area contributed by atoms with Crippen LogP contribution in [0.1, 0.15) is 56.9 Å². The van der Waals surface area contributed by atoms with Gasteiger partial charge in [0.15, 0.2) is 0 Å². The number of amides is 1. The van der Waals surface area contributed by atoms with Crippen LogP contribution in [0.5, 0.6) is 0 Å². The summed E-state index contributed by atoms with van der Waals surface area (Å²) in [5.41, 5.74) is 2.26. The van der Waals surface area contributed by atoms with Crippen LogP contribution in [0.25, 0.3) is 0 Å². The second kappa shape index (κ2) is 6.50. The third kappa shape index (κ3) is 3.22. The number of carbonyl (C=O) groups excluding carboxylic acids is 1. The molecule has 2 aliphatic rings. The highest BCUT2D eigenvalue weighted by Gasteiger charge is 2.30. The first kappa shape index (κ1) is 14.4. The molecule has 1 fully saturated rings. The van der Waals surface area contributed by atoms with Crippen LogP contribution in [0, 0.1) is 5.92 Å². The largest absolute Gasteiger partial charge is 0.384 e. The zero-order valence-electron chi connectivity index (χ0n) is 12.9. The van der Waals surface area contributed by atoms with Crippen LogP contribution in [0.4, 0.5) is 5.69 Å². The first-order valence-corrected chi connectivity index (χ1v) is 8.41. The number of hydrogen-bond donors (Lipinski definition) is 2. The van der Waals surface area contributed by atoms with Gasteiger partial charge in [0.1, 0.15) is 0 Å². The molecule has 3 nitrogen and oxygen atoms in total. The van der Waals surface area contributed by atoms with E-state index in [1.54, 1.807) is 0 Å². The summed E-state index contributed by atoms with van der Waals surface area (Å²) in [4.78, 5) is 12.5. The van der Waals surface area contributed by atoms with E-state index in [1.807, 2.05) is 12.1 Å². The molecule has 0 saturated heterocycles. The second-order valence-corrected chi connectivity index (χ2v) is 6.54. The molecule has 1 unspecified atom stereocenters. The zero-order chi connectivity index (χ0) is 14.7. The topological polar surface area (TPSA) is 41.1 Å². The maximum Gasteiger partial charge on any atom is 0.229 e. The van der Waals surface area contributed by atoms with Gasteiger partial charge in [0, 0.05) is 18.3 Å². The number of para-hydroxylation sites is 1. The lowest BCUT2D eigenvalue weighted by molar-refractivity contribution is -0.123. The molecule has 0 bridgehead atoms. The SMILES string of the molecule is CCCC1CCC(NC(=O)C2CNc3ccccc32)CC1. The summed E-state index contributed by atoms with van der Waals surface area (Å²) in [6.07, 6.45) is 7.49. The molecule has 1 heterocycles. The molecule has 3 heteroatoms. The summed E-state index contributed by atoms with van der Waals surface area (Å²) < 4.78 is 0. The normalized spacial score (nSPS) is 27.8. The Balaban J connectivity index is 1.54. The average molecular weight is 286 g/mol. The van der Waals surface area contributed by atoms with Gasteiger partial charge in [-0.25, -0.2) is 0 Å². The first-order chi connectivity index (χ1) is 10.3. The van der Waals surface area contributed by atoms with Crippen LogP contribution >= 0.6 is 0 Å². The quantitative estimate of drug-likeness (QED) is 0.886. The third-order valence-electron chi connectivity index (χ3n) is 5.04. The Morgan fingerprint density at radius 2 is 2.00 bits per heavy atom. The summed E-state index contributed by atoms with van der Waals surface area (Å²) in [6.45, 7) is 2.99. The summed E-state index contributed by atoms with van der Waals surface area (Å²) in [7, 11) is 0. The molecule has 114 valence electrons. The Bertz CT molecular complexity index is 492. The lowest BCUT2D eigenvalue weighted by Crippen LogP contribution is -2.40. The monoisotopic (exact) mass is 286 g/mol. The number of anilines is 1. The van der Waals surface area contributed by atoms with Crippen molar-refractivity contribution in [1.29, 1.82) is 0 Å². The van der Waals surface area contributed by atoms with Gasteiger partial charge in [-0.05, 0) is 43.2 Å². The summed E-state index contributed by atoms with van der Waals surface area (Å²) in [5.74, 6) is 1.07. The van der Waals surface area contributed by atoms with Crippen molar-refractivity contribution < 1.29 is 4.79 Å². The molecule has 3 rings (SSSR count). The maximum absolute atomic E-state index is 12.5. The van der Waals surface area contributed by atoms with E-state index in [1.165, 1.54) is 25.7 Å². The van der Waals surface area contributed by atoms with Gasteiger partial charge in [0.2, 0.25) is 5.91 Å². The molecular formula is C18H26N2O. The average Bonchev–Trinajstić information content (AvgIpc) is 2.93. The molecular weight excluding hydrogens is 260 g/mol. The van der Waals surface area contributed by atoms with Crippen molar-refractivity contribution in [1.82, 2.24) is 5.32 Å². The van der Waals surface area contributed by atoms with E-state index in [9.17, 15) is 4.79 Å². The smallest absolute Gasteiger partial charge is 0.229 e. The fourth-order valence-electron chi connectivity index (χ4n) is 3.82. The first-order valence-electron chi connectivity index (χ1n) is 8.41. The van der Waals surface area contributed by atoms with E-state index in [4.69, 9.17) is 0 Å². The van der Waals surface area contributed by atoms with Crippen LogP contribution in [0.15, 0.2) is 24.3 Å². The fraction of sp³-hybridized carbons (Fsp3) is 0.611. The van der Waals surface area contributed by atoms with Crippen LogP contribution in [0.3, 0.4) is 0 Å². The Kier molecular flexibility index (Phi) is 4.47. The van der Waals surface area contributed by atoms with Gasteiger partial charge < -0.3 is 10.6 Å². The molecule has 1 amide bonds. The zero-order valence-corrected chi connectivity index (χ0v) is 12.9. The Hall–Kier alpha value is -1.51. The minimum Gasteiger partial charge on any atom is -0.384 e. The molecule has 0 radical (unpaired) electrons. The van der Waals surface area contributed by atoms with Gasteiger partial charge >= 0.3 is 0 Å². The molecule has 1 aromatic carbocycles. The van der Waals surface area contributed by atoms with E-state index in [-0.39, 0.29) is 11.8 Å². The van der Waals surface area contributed by atoms with Gasteiger partial charge in [0.05, 0.1) is 5.92 Å². The maximum atomic E-state index is 12.5. The van der Waals surface area contributed by atoms with Gasteiger partial charge in [-0.2, -0.15) is 0 Å². The number of rotatable bonds is 4. The fourth-order valence-corrected chi connectivity index (χ4v) is 3.82. The van der Waals surface area contributed by atoms with Gasteiger partial charge in [-0.15, -0.1) is 0 Å². The van der Waals surface area contributed by atoms with Gasteiger partial charge in [0.25, 0.3) is 0 Å². The standard InChI is InChI=1S/C18H26N2O/c1-2-5-13-8-10-14(11-9-13)20-18(21)16-12-19-17-7-4-3-6-15(16)17/h3-4,6-7,13-14,16,19H,2,5,8-12H2,1H3,(H,20,21). The molecule has 1 saturated carbocycles. The number of nitrogens with one attached hydrogen (secondary N) is 2. The highest BCUT2D eigenvalue weighted by Crippen LogP contribution is 2.32. The number of carbonyl (C=O) groups is 1. The number of fused-ring (bicyclic) bond motifs is 1. The second-order valence-electron chi connectivity index (χ2n) is 6.54. The third-order valence-corrected chi connectivity index (χ3v) is 5.04. The number of hydrogen-bond acceptors (Lipinski definition) is 2. The Morgan fingerprint density at radius 1 is 1.24 bits per heavy atom. The lowest BCUT2D eigenvalue weighted by atomic mass is 9.83. The predicted molar refractivity (Wildman–Crippen MR) is 86.5 cm³/mol. The highest BCUT2D eigenvalue weighted by atomic mass is 16.2. The van der Waals surface area contributed by atoms with Gasteiger partial charge in [-0.3, -0.25) is 4.79 Å². The van der Waals surface area contributed by atoms with Crippen molar-refractivity contribution >= 4 is 11.6 Å².